The lowest BCUT2D eigenvalue weighted by Crippen LogP contribution is -1.97. The lowest BCUT2D eigenvalue weighted by molar-refractivity contribution is 0.166. The maximum atomic E-state index is 10.0. The van der Waals surface area contributed by atoms with Crippen LogP contribution in [0.4, 0.5) is 0 Å². The summed E-state index contributed by atoms with van der Waals surface area (Å²) in [6, 6.07) is 7.85. The average Bonchev–Trinajstić information content (AvgIpc) is 2.54. The van der Waals surface area contributed by atoms with Crippen molar-refractivity contribution in [3.8, 4) is 0 Å². The van der Waals surface area contributed by atoms with Gasteiger partial charge < -0.3 is 9.52 Å². The van der Waals surface area contributed by atoms with Crippen LogP contribution in [0.5, 0.6) is 0 Å². The molecule has 1 aromatic heterocycles. The minimum Gasteiger partial charge on any atom is -0.461 e. The zero-order chi connectivity index (χ0) is 10.8. The third-order valence-electron chi connectivity index (χ3n) is 2.71. The van der Waals surface area contributed by atoms with Gasteiger partial charge in [-0.1, -0.05) is 31.5 Å². The first kappa shape index (κ1) is 10.2. The van der Waals surface area contributed by atoms with Gasteiger partial charge in [-0.3, -0.25) is 0 Å². The van der Waals surface area contributed by atoms with E-state index < -0.39 is 6.10 Å². The Bertz CT molecular complexity index is 457. The number of fused-ring (bicyclic) bond motifs is 1. The van der Waals surface area contributed by atoms with Gasteiger partial charge in [-0.05, 0) is 19.4 Å². The fraction of sp³-hybridized carbons (Fsp3) is 0.385. The summed E-state index contributed by atoms with van der Waals surface area (Å²) in [4.78, 5) is 0. The first-order valence-electron chi connectivity index (χ1n) is 5.40. The molecule has 0 aliphatic carbocycles. The molecular weight excluding hydrogens is 188 g/mol. The second-order valence-electron chi connectivity index (χ2n) is 3.87. The molecule has 1 N–H and O–H groups in total. The van der Waals surface area contributed by atoms with E-state index in [9.17, 15) is 5.11 Å². The van der Waals surface area contributed by atoms with Gasteiger partial charge in [0.05, 0.1) is 6.10 Å². The van der Waals surface area contributed by atoms with Gasteiger partial charge in [-0.25, -0.2) is 0 Å². The third-order valence-corrected chi connectivity index (χ3v) is 2.71. The normalized spacial score (nSPS) is 13.3. The molecular formula is C13H16O2. The Morgan fingerprint density at radius 2 is 2.07 bits per heavy atom. The molecule has 0 spiro atoms. The summed E-state index contributed by atoms with van der Waals surface area (Å²) in [5.74, 6) is 0.831. The third kappa shape index (κ3) is 1.77. The fourth-order valence-corrected chi connectivity index (χ4v) is 2.02. The summed E-state index contributed by atoms with van der Waals surface area (Å²) in [5, 5.41) is 11.1. The van der Waals surface area contributed by atoms with E-state index >= 15 is 0 Å². The Hall–Kier alpha value is -1.28. The van der Waals surface area contributed by atoms with Gasteiger partial charge in [0.2, 0.25) is 0 Å². The first-order valence-corrected chi connectivity index (χ1v) is 5.40. The summed E-state index contributed by atoms with van der Waals surface area (Å²) in [5.41, 5.74) is 1.81. The van der Waals surface area contributed by atoms with Crippen molar-refractivity contribution in [3.05, 3.63) is 35.6 Å². The van der Waals surface area contributed by atoms with Gasteiger partial charge in [-0.2, -0.15) is 0 Å². The molecule has 2 rings (SSSR count). The molecule has 1 heterocycles. The van der Waals surface area contributed by atoms with Gasteiger partial charge >= 0.3 is 0 Å². The van der Waals surface area contributed by atoms with E-state index in [0.29, 0.717) is 0 Å². The summed E-state index contributed by atoms with van der Waals surface area (Å²) in [6.45, 7) is 3.98. The van der Waals surface area contributed by atoms with E-state index in [0.717, 1.165) is 35.1 Å². The van der Waals surface area contributed by atoms with Gasteiger partial charge in [0.25, 0.3) is 0 Å². The second kappa shape index (κ2) is 4.07. The molecule has 0 aliphatic heterocycles. The van der Waals surface area contributed by atoms with Crippen LogP contribution in [-0.2, 0) is 0 Å². The minimum absolute atomic E-state index is 0.404. The highest BCUT2D eigenvalue weighted by molar-refractivity contribution is 5.82. The standard InChI is InChI=1S/C13H16O2/c1-3-6-11(14)13-9(2)15-12-8-5-4-7-10(12)13/h4-5,7-8,11,14H,3,6H2,1-2H3. The zero-order valence-electron chi connectivity index (χ0n) is 9.16. The largest absolute Gasteiger partial charge is 0.461 e. The molecule has 0 bridgehead atoms. The maximum Gasteiger partial charge on any atom is 0.134 e. The van der Waals surface area contributed by atoms with Crippen molar-refractivity contribution >= 4 is 11.0 Å². The Balaban J connectivity index is 2.53. The van der Waals surface area contributed by atoms with Crippen molar-refractivity contribution in [2.45, 2.75) is 32.8 Å². The Morgan fingerprint density at radius 3 is 2.80 bits per heavy atom. The maximum absolute atomic E-state index is 10.0. The van der Waals surface area contributed by atoms with Crippen molar-refractivity contribution in [3.63, 3.8) is 0 Å². The van der Waals surface area contributed by atoms with Crippen LogP contribution in [0.3, 0.4) is 0 Å². The summed E-state index contributed by atoms with van der Waals surface area (Å²) < 4.78 is 5.61. The number of aliphatic hydroxyl groups excluding tert-OH is 1. The van der Waals surface area contributed by atoms with Crippen LogP contribution in [0.2, 0.25) is 0 Å². The highest BCUT2D eigenvalue weighted by Crippen LogP contribution is 2.32. The van der Waals surface area contributed by atoms with Crippen LogP contribution in [0, 0.1) is 6.92 Å². The van der Waals surface area contributed by atoms with Crippen molar-refractivity contribution in [1.29, 1.82) is 0 Å². The number of benzene rings is 1. The van der Waals surface area contributed by atoms with Crippen molar-refractivity contribution in [2.24, 2.45) is 0 Å². The molecule has 0 saturated carbocycles. The number of hydrogen-bond donors (Lipinski definition) is 1. The molecule has 0 fully saturated rings. The molecule has 15 heavy (non-hydrogen) atoms. The molecule has 2 nitrogen and oxygen atoms in total. The molecule has 0 radical (unpaired) electrons. The predicted molar refractivity (Wildman–Crippen MR) is 60.8 cm³/mol. The van der Waals surface area contributed by atoms with Crippen molar-refractivity contribution in [1.82, 2.24) is 0 Å². The van der Waals surface area contributed by atoms with E-state index in [1.165, 1.54) is 0 Å². The number of rotatable bonds is 3. The molecule has 0 saturated heterocycles. The lowest BCUT2D eigenvalue weighted by Gasteiger charge is -2.08. The predicted octanol–water partition coefficient (Wildman–Crippen LogP) is 3.57. The summed E-state index contributed by atoms with van der Waals surface area (Å²) in [7, 11) is 0. The molecule has 80 valence electrons. The molecule has 0 aliphatic rings. The zero-order valence-corrected chi connectivity index (χ0v) is 9.16. The van der Waals surface area contributed by atoms with Crippen LogP contribution in [-0.4, -0.2) is 5.11 Å². The Labute approximate surface area is 89.5 Å². The van der Waals surface area contributed by atoms with Crippen LogP contribution in [0.25, 0.3) is 11.0 Å². The number of para-hydroxylation sites is 1. The SMILES string of the molecule is CCCC(O)c1c(C)oc2ccccc12. The topological polar surface area (TPSA) is 33.4 Å². The van der Waals surface area contributed by atoms with Gasteiger partial charge in [-0.15, -0.1) is 0 Å². The average molecular weight is 204 g/mol. The van der Waals surface area contributed by atoms with Gasteiger partial charge in [0.1, 0.15) is 11.3 Å². The highest BCUT2D eigenvalue weighted by atomic mass is 16.3. The number of aryl methyl sites for hydroxylation is 1. The van der Waals surface area contributed by atoms with E-state index in [-0.39, 0.29) is 0 Å². The molecule has 2 aromatic rings. The number of hydrogen-bond acceptors (Lipinski definition) is 2. The van der Waals surface area contributed by atoms with E-state index in [2.05, 4.69) is 6.92 Å². The van der Waals surface area contributed by atoms with E-state index in [4.69, 9.17) is 4.42 Å². The van der Waals surface area contributed by atoms with Crippen LogP contribution >= 0.6 is 0 Å². The lowest BCUT2D eigenvalue weighted by atomic mass is 10.0. The Morgan fingerprint density at radius 1 is 1.33 bits per heavy atom. The summed E-state index contributed by atoms with van der Waals surface area (Å²) in [6.07, 6.45) is 1.35. The highest BCUT2D eigenvalue weighted by Gasteiger charge is 2.17. The van der Waals surface area contributed by atoms with Gasteiger partial charge in [0, 0.05) is 10.9 Å². The first-order chi connectivity index (χ1) is 7.24. The molecule has 1 aromatic carbocycles. The summed E-state index contributed by atoms with van der Waals surface area (Å²) >= 11 is 0. The molecule has 2 heteroatoms. The smallest absolute Gasteiger partial charge is 0.134 e. The number of aliphatic hydroxyl groups is 1. The van der Waals surface area contributed by atoms with Crippen LogP contribution < -0.4 is 0 Å². The Kier molecular flexibility index (Phi) is 2.78. The van der Waals surface area contributed by atoms with Crippen LogP contribution in [0.15, 0.2) is 28.7 Å². The van der Waals surface area contributed by atoms with E-state index in [1.54, 1.807) is 0 Å². The fourth-order valence-electron chi connectivity index (χ4n) is 2.02. The quantitative estimate of drug-likeness (QED) is 0.829. The molecule has 1 unspecified atom stereocenters. The van der Waals surface area contributed by atoms with Crippen molar-refractivity contribution in [2.75, 3.05) is 0 Å². The van der Waals surface area contributed by atoms with Crippen molar-refractivity contribution < 1.29 is 9.52 Å². The second-order valence-corrected chi connectivity index (χ2v) is 3.87. The molecule has 0 amide bonds. The van der Waals surface area contributed by atoms with E-state index in [1.807, 2.05) is 31.2 Å². The molecule has 1 atom stereocenters. The minimum atomic E-state index is -0.404. The van der Waals surface area contributed by atoms with Gasteiger partial charge in [0.15, 0.2) is 0 Å². The monoisotopic (exact) mass is 204 g/mol. The van der Waals surface area contributed by atoms with Crippen LogP contribution in [0.1, 0.15) is 37.2 Å². The number of furan rings is 1.